The Morgan fingerprint density at radius 1 is 1.42 bits per heavy atom. The lowest BCUT2D eigenvalue weighted by Crippen LogP contribution is -2.45. The van der Waals surface area contributed by atoms with Crippen LogP contribution in [0.4, 0.5) is 17.5 Å². The van der Waals surface area contributed by atoms with E-state index in [1.54, 1.807) is 0 Å². The third-order valence-corrected chi connectivity index (χ3v) is 2.42. The molecule has 6 N–H and O–H groups in total. The van der Waals surface area contributed by atoms with E-state index in [1.807, 2.05) is 0 Å². The number of nitrogens with zero attached hydrogens (tertiary/aromatic N) is 3. The van der Waals surface area contributed by atoms with Crippen LogP contribution in [0.15, 0.2) is 0 Å². The summed E-state index contributed by atoms with van der Waals surface area (Å²) in [5.74, 6) is 4.35. The Balaban J connectivity index is 3.35. The van der Waals surface area contributed by atoms with Crippen molar-refractivity contribution in [1.82, 2.24) is 9.97 Å². The molecular weight excluding hydrogens is 254 g/mol. The maximum atomic E-state index is 11.3. The van der Waals surface area contributed by atoms with Crippen molar-refractivity contribution in [2.24, 2.45) is 11.6 Å². The third-order valence-electron chi connectivity index (χ3n) is 2.42. The number of nitrogens with one attached hydrogen (secondary N) is 2. The molecule has 1 amide bonds. The zero-order valence-corrected chi connectivity index (χ0v) is 10.7. The first-order valence-electron chi connectivity index (χ1n) is 5.26. The quantitative estimate of drug-likeness (QED) is 0.320. The van der Waals surface area contributed by atoms with E-state index in [2.05, 4.69) is 20.7 Å². The molecule has 0 aromatic carbocycles. The number of primary amides is 1. The van der Waals surface area contributed by atoms with E-state index in [1.165, 1.54) is 20.8 Å². The number of nitrogens with two attached hydrogens (primary N) is 2. The summed E-state index contributed by atoms with van der Waals surface area (Å²) in [6.45, 7) is 4.39. The fraction of sp³-hybridized carbons (Fsp3) is 0.444. The number of nitrogen functional groups attached to an aromatic ring is 1. The summed E-state index contributed by atoms with van der Waals surface area (Å²) >= 11 is 0. The number of rotatable bonds is 5. The van der Waals surface area contributed by atoms with Crippen LogP contribution in [0.2, 0.25) is 0 Å². The van der Waals surface area contributed by atoms with Crippen molar-refractivity contribution in [3.63, 3.8) is 0 Å². The van der Waals surface area contributed by atoms with Crippen molar-refractivity contribution in [2.45, 2.75) is 26.3 Å². The molecule has 0 spiro atoms. The van der Waals surface area contributed by atoms with Crippen LogP contribution in [0.5, 0.6) is 0 Å². The van der Waals surface area contributed by atoms with Gasteiger partial charge in [-0.3, -0.25) is 20.3 Å². The minimum Gasteiger partial charge on any atom is -0.368 e. The van der Waals surface area contributed by atoms with Gasteiger partial charge in [0.2, 0.25) is 17.7 Å². The standard InChI is InChI=1S/C9H15N7O3/c1-4-5(16(18)19)6(13-8(12-4)15-11)14-9(2,3)7(10)17/h11H2,1-3H3,(H2,10,17)(H2,12,13,14,15). The molecule has 19 heavy (non-hydrogen) atoms. The largest absolute Gasteiger partial charge is 0.368 e. The summed E-state index contributed by atoms with van der Waals surface area (Å²) in [4.78, 5) is 29.3. The van der Waals surface area contributed by atoms with Crippen LogP contribution in [0, 0.1) is 17.0 Å². The monoisotopic (exact) mass is 269 g/mol. The summed E-state index contributed by atoms with van der Waals surface area (Å²) in [5, 5.41) is 13.6. The number of hydrogen-bond donors (Lipinski definition) is 4. The summed E-state index contributed by atoms with van der Waals surface area (Å²) in [6.07, 6.45) is 0. The summed E-state index contributed by atoms with van der Waals surface area (Å²) in [7, 11) is 0. The van der Waals surface area contributed by atoms with Crippen LogP contribution in [0.3, 0.4) is 0 Å². The van der Waals surface area contributed by atoms with Gasteiger partial charge in [0, 0.05) is 0 Å². The number of nitro groups is 1. The number of amides is 1. The van der Waals surface area contributed by atoms with Crippen molar-refractivity contribution in [2.75, 3.05) is 10.7 Å². The Labute approximate surface area is 108 Å². The van der Waals surface area contributed by atoms with Gasteiger partial charge in [-0.25, -0.2) is 10.8 Å². The molecule has 0 atom stereocenters. The average Bonchev–Trinajstić information content (AvgIpc) is 2.26. The highest BCUT2D eigenvalue weighted by Gasteiger charge is 2.30. The van der Waals surface area contributed by atoms with Gasteiger partial charge in [-0.1, -0.05) is 0 Å². The third kappa shape index (κ3) is 3.04. The molecule has 1 aromatic heterocycles. The lowest BCUT2D eigenvalue weighted by Gasteiger charge is -2.23. The Bertz CT molecular complexity index is 529. The predicted octanol–water partition coefficient (Wildman–Crippen LogP) is -0.345. The molecule has 0 aliphatic rings. The molecule has 0 aliphatic carbocycles. The van der Waals surface area contributed by atoms with Gasteiger partial charge >= 0.3 is 5.69 Å². The topological polar surface area (TPSA) is 162 Å². The minimum absolute atomic E-state index is 0.00845. The smallest absolute Gasteiger partial charge is 0.332 e. The fourth-order valence-corrected chi connectivity index (χ4v) is 1.29. The van der Waals surface area contributed by atoms with Gasteiger partial charge in [0.1, 0.15) is 11.2 Å². The molecule has 0 bridgehead atoms. The van der Waals surface area contributed by atoms with Gasteiger partial charge in [-0.15, -0.1) is 0 Å². The second-order valence-corrected chi connectivity index (χ2v) is 4.35. The number of aromatic nitrogens is 2. The molecule has 0 radical (unpaired) electrons. The molecule has 1 rings (SSSR count). The molecule has 0 saturated carbocycles. The van der Waals surface area contributed by atoms with Crippen molar-refractivity contribution in [1.29, 1.82) is 0 Å². The molecule has 0 saturated heterocycles. The molecular formula is C9H15N7O3. The Morgan fingerprint density at radius 2 is 2.00 bits per heavy atom. The van der Waals surface area contributed by atoms with Crippen LogP contribution in [0.1, 0.15) is 19.5 Å². The zero-order valence-electron chi connectivity index (χ0n) is 10.7. The minimum atomic E-state index is -1.21. The normalized spacial score (nSPS) is 10.9. The van der Waals surface area contributed by atoms with Crippen LogP contribution in [0.25, 0.3) is 0 Å². The number of carbonyl (C=O) groups is 1. The van der Waals surface area contributed by atoms with Crippen molar-refractivity contribution < 1.29 is 9.72 Å². The predicted molar refractivity (Wildman–Crippen MR) is 68.1 cm³/mol. The molecule has 104 valence electrons. The summed E-state index contributed by atoms with van der Waals surface area (Å²) in [5.41, 5.74) is 5.94. The van der Waals surface area contributed by atoms with Crippen molar-refractivity contribution in [3.8, 4) is 0 Å². The van der Waals surface area contributed by atoms with Crippen LogP contribution < -0.4 is 22.3 Å². The highest BCUT2D eigenvalue weighted by Crippen LogP contribution is 2.28. The molecule has 1 heterocycles. The SMILES string of the molecule is Cc1nc(NN)nc(NC(C)(C)C(N)=O)c1[N+](=O)[O-]. The van der Waals surface area contributed by atoms with Gasteiger partial charge < -0.3 is 11.1 Å². The van der Waals surface area contributed by atoms with E-state index in [4.69, 9.17) is 11.6 Å². The van der Waals surface area contributed by atoms with E-state index in [-0.39, 0.29) is 23.1 Å². The van der Waals surface area contributed by atoms with E-state index < -0.39 is 16.4 Å². The maximum absolute atomic E-state index is 11.3. The second-order valence-electron chi connectivity index (χ2n) is 4.35. The van der Waals surface area contributed by atoms with Crippen molar-refractivity contribution in [3.05, 3.63) is 15.8 Å². The summed E-state index contributed by atoms with van der Waals surface area (Å²) < 4.78 is 0. The number of hydrogen-bond acceptors (Lipinski definition) is 8. The van der Waals surface area contributed by atoms with Gasteiger partial charge in [-0.05, 0) is 20.8 Å². The maximum Gasteiger partial charge on any atom is 0.332 e. The highest BCUT2D eigenvalue weighted by atomic mass is 16.6. The van der Waals surface area contributed by atoms with E-state index in [9.17, 15) is 14.9 Å². The number of hydrazine groups is 1. The lowest BCUT2D eigenvalue weighted by atomic mass is 10.1. The molecule has 1 aromatic rings. The van der Waals surface area contributed by atoms with Crippen molar-refractivity contribution >= 4 is 23.4 Å². The lowest BCUT2D eigenvalue weighted by molar-refractivity contribution is -0.385. The number of aryl methyl sites for hydroxylation is 1. The van der Waals surface area contributed by atoms with Gasteiger partial charge in [-0.2, -0.15) is 4.98 Å². The number of anilines is 2. The van der Waals surface area contributed by atoms with Gasteiger partial charge in [0.05, 0.1) is 4.92 Å². The van der Waals surface area contributed by atoms with Crippen LogP contribution in [-0.2, 0) is 4.79 Å². The van der Waals surface area contributed by atoms with E-state index in [0.717, 1.165) is 0 Å². The zero-order chi connectivity index (χ0) is 14.8. The first kappa shape index (κ1) is 14.6. The Hall–Kier alpha value is -2.49. The molecule has 10 heteroatoms. The van der Waals surface area contributed by atoms with E-state index in [0.29, 0.717) is 0 Å². The highest BCUT2D eigenvalue weighted by molar-refractivity contribution is 5.87. The summed E-state index contributed by atoms with van der Waals surface area (Å²) in [6, 6.07) is 0. The van der Waals surface area contributed by atoms with Crippen LogP contribution >= 0.6 is 0 Å². The van der Waals surface area contributed by atoms with Crippen LogP contribution in [-0.4, -0.2) is 26.3 Å². The first-order valence-corrected chi connectivity index (χ1v) is 5.26. The first-order chi connectivity index (χ1) is 8.69. The second kappa shape index (κ2) is 5.02. The molecule has 10 nitrogen and oxygen atoms in total. The Kier molecular flexibility index (Phi) is 3.85. The molecule has 0 fully saturated rings. The van der Waals surface area contributed by atoms with E-state index >= 15 is 0 Å². The number of carbonyl (C=O) groups excluding carboxylic acids is 1. The van der Waals surface area contributed by atoms with Gasteiger partial charge in [0.15, 0.2) is 0 Å². The molecule has 0 unspecified atom stereocenters. The fourth-order valence-electron chi connectivity index (χ4n) is 1.29. The van der Waals surface area contributed by atoms with Gasteiger partial charge in [0.25, 0.3) is 0 Å². The average molecular weight is 269 g/mol. The Morgan fingerprint density at radius 3 is 2.42 bits per heavy atom. The molecule has 0 aliphatic heterocycles.